The summed E-state index contributed by atoms with van der Waals surface area (Å²) in [6.45, 7) is 0. The fourth-order valence-electron chi connectivity index (χ4n) is 2.35. The Morgan fingerprint density at radius 3 is 2.30 bits per heavy atom. The highest BCUT2D eigenvalue weighted by Gasteiger charge is 2.18. The van der Waals surface area contributed by atoms with Crippen molar-refractivity contribution in [1.82, 2.24) is 0 Å². The molecule has 0 spiro atoms. The number of hydrogen-bond acceptors (Lipinski definition) is 6. The van der Waals surface area contributed by atoms with E-state index < -0.39 is 11.5 Å². The third-order valence-corrected chi connectivity index (χ3v) is 3.60. The van der Waals surface area contributed by atoms with Crippen LogP contribution in [0.2, 0.25) is 0 Å². The van der Waals surface area contributed by atoms with Crippen molar-refractivity contribution in [2.75, 3.05) is 14.2 Å². The fourth-order valence-corrected chi connectivity index (χ4v) is 2.35. The molecule has 118 valence electrons. The first-order valence-corrected chi connectivity index (χ1v) is 6.75. The van der Waals surface area contributed by atoms with Crippen molar-refractivity contribution in [3.63, 3.8) is 0 Å². The van der Waals surface area contributed by atoms with Crippen LogP contribution in [0.5, 0.6) is 23.0 Å². The Labute approximate surface area is 131 Å². The summed E-state index contributed by atoms with van der Waals surface area (Å²) in [7, 11) is 2.89. The molecular weight excluding hydrogens is 300 g/mol. The maximum atomic E-state index is 12.7. The van der Waals surface area contributed by atoms with E-state index in [1.54, 1.807) is 31.4 Å². The van der Waals surface area contributed by atoms with Gasteiger partial charge >= 0.3 is 0 Å². The van der Waals surface area contributed by atoms with Crippen LogP contribution in [0, 0.1) is 0 Å². The van der Waals surface area contributed by atoms with Crippen LogP contribution in [0.4, 0.5) is 0 Å². The molecule has 0 amide bonds. The van der Waals surface area contributed by atoms with Gasteiger partial charge in [-0.05, 0) is 23.8 Å². The molecular formula is C17H14O6. The first-order valence-electron chi connectivity index (χ1n) is 6.75. The quantitative estimate of drug-likeness (QED) is 0.723. The minimum Gasteiger partial charge on any atom is -0.502 e. The molecule has 0 aliphatic carbocycles. The average molecular weight is 314 g/mol. The van der Waals surface area contributed by atoms with Gasteiger partial charge in [0, 0.05) is 0 Å². The van der Waals surface area contributed by atoms with Gasteiger partial charge < -0.3 is 24.1 Å². The second-order valence-corrected chi connectivity index (χ2v) is 4.86. The molecule has 3 rings (SSSR count). The molecule has 0 bridgehead atoms. The normalized spacial score (nSPS) is 10.7. The first kappa shape index (κ1) is 14.8. The number of phenols is 2. The first-order chi connectivity index (χ1) is 11.1. The Morgan fingerprint density at radius 1 is 1.00 bits per heavy atom. The van der Waals surface area contributed by atoms with E-state index in [2.05, 4.69) is 0 Å². The Hall–Kier alpha value is -3.15. The molecule has 0 saturated carbocycles. The summed E-state index contributed by atoms with van der Waals surface area (Å²) < 4.78 is 15.4. The summed E-state index contributed by atoms with van der Waals surface area (Å²) in [6.07, 6.45) is 1.25. The largest absolute Gasteiger partial charge is 0.502 e. The Morgan fingerprint density at radius 2 is 1.70 bits per heavy atom. The van der Waals surface area contributed by atoms with Crippen LogP contribution in [0.15, 0.2) is 45.8 Å². The summed E-state index contributed by atoms with van der Waals surface area (Å²) in [5, 5.41) is 19.8. The number of ether oxygens (including phenoxy) is 2. The minimum atomic E-state index is -0.530. The highest BCUT2D eigenvalue weighted by Crippen LogP contribution is 2.41. The number of benzene rings is 2. The molecule has 0 aliphatic rings. The molecule has 0 atom stereocenters. The third-order valence-electron chi connectivity index (χ3n) is 3.60. The van der Waals surface area contributed by atoms with Crippen molar-refractivity contribution < 1.29 is 24.1 Å². The minimum absolute atomic E-state index is 0.00539. The second kappa shape index (κ2) is 5.57. The zero-order chi connectivity index (χ0) is 16.6. The molecule has 23 heavy (non-hydrogen) atoms. The average Bonchev–Trinajstić information content (AvgIpc) is 2.59. The van der Waals surface area contributed by atoms with Gasteiger partial charge in [-0.2, -0.15) is 0 Å². The van der Waals surface area contributed by atoms with E-state index in [1.165, 1.54) is 19.4 Å². The van der Waals surface area contributed by atoms with Crippen molar-refractivity contribution in [2.24, 2.45) is 0 Å². The van der Waals surface area contributed by atoms with Gasteiger partial charge in [0.2, 0.25) is 16.9 Å². The molecule has 0 saturated heterocycles. The van der Waals surface area contributed by atoms with Crippen LogP contribution in [0.1, 0.15) is 0 Å². The third kappa shape index (κ3) is 2.34. The van der Waals surface area contributed by atoms with Crippen molar-refractivity contribution >= 4 is 11.0 Å². The molecule has 6 nitrogen and oxygen atoms in total. The molecule has 0 aliphatic heterocycles. The van der Waals surface area contributed by atoms with Gasteiger partial charge in [-0.3, -0.25) is 4.79 Å². The molecule has 2 N–H and O–H groups in total. The molecule has 2 aromatic carbocycles. The van der Waals surface area contributed by atoms with Crippen LogP contribution in [0.3, 0.4) is 0 Å². The van der Waals surface area contributed by atoms with Gasteiger partial charge in [0.15, 0.2) is 11.3 Å². The SMILES string of the molecule is COc1ccc(-c2coc3c(O)c(O)c(OC)cc3c2=O)cc1. The molecule has 3 aromatic rings. The number of methoxy groups -OCH3 is 2. The van der Waals surface area contributed by atoms with Crippen molar-refractivity contribution in [3.8, 4) is 34.1 Å². The van der Waals surface area contributed by atoms with Gasteiger partial charge in [0.25, 0.3) is 0 Å². The Bertz CT molecular complexity index is 924. The molecule has 6 heteroatoms. The van der Waals surface area contributed by atoms with E-state index in [4.69, 9.17) is 13.9 Å². The van der Waals surface area contributed by atoms with E-state index >= 15 is 0 Å². The fraction of sp³-hybridized carbons (Fsp3) is 0.118. The topological polar surface area (TPSA) is 89.1 Å². The molecule has 0 radical (unpaired) electrons. The lowest BCUT2D eigenvalue weighted by Gasteiger charge is -2.09. The van der Waals surface area contributed by atoms with Gasteiger partial charge in [-0.15, -0.1) is 0 Å². The van der Waals surface area contributed by atoms with Crippen LogP contribution in [-0.4, -0.2) is 24.4 Å². The van der Waals surface area contributed by atoms with E-state index in [1.807, 2.05) is 0 Å². The lowest BCUT2D eigenvalue weighted by atomic mass is 10.0. The lowest BCUT2D eigenvalue weighted by Crippen LogP contribution is -2.05. The summed E-state index contributed by atoms with van der Waals surface area (Å²) >= 11 is 0. The summed E-state index contributed by atoms with van der Waals surface area (Å²) in [5.41, 5.74) is 0.538. The van der Waals surface area contributed by atoms with Crippen molar-refractivity contribution in [3.05, 3.63) is 46.8 Å². The maximum absolute atomic E-state index is 12.7. The number of hydrogen-bond donors (Lipinski definition) is 2. The predicted octanol–water partition coefficient (Wildman–Crippen LogP) is 2.89. The number of rotatable bonds is 3. The van der Waals surface area contributed by atoms with Crippen molar-refractivity contribution in [2.45, 2.75) is 0 Å². The van der Waals surface area contributed by atoms with Crippen LogP contribution in [0.25, 0.3) is 22.1 Å². The number of phenolic OH excluding ortho intramolecular Hbond substituents is 2. The zero-order valence-corrected chi connectivity index (χ0v) is 12.5. The van der Waals surface area contributed by atoms with Gasteiger partial charge in [0.1, 0.15) is 12.0 Å². The number of aromatic hydroxyl groups is 2. The van der Waals surface area contributed by atoms with E-state index in [0.29, 0.717) is 16.9 Å². The van der Waals surface area contributed by atoms with E-state index in [9.17, 15) is 15.0 Å². The Kier molecular flexibility index (Phi) is 3.57. The number of fused-ring (bicyclic) bond motifs is 1. The molecule has 1 heterocycles. The van der Waals surface area contributed by atoms with Crippen LogP contribution >= 0.6 is 0 Å². The highest BCUT2D eigenvalue weighted by atomic mass is 16.5. The van der Waals surface area contributed by atoms with Crippen LogP contribution < -0.4 is 14.9 Å². The second-order valence-electron chi connectivity index (χ2n) is 4.86. The van der Waals surface area contributed by atoms with Gasteiger partial charge in [-0.25, -0.2) is 0 Å². The molecule has 0 unspecified atom stereocenters. The van der Waals surface area contributed by atoms with Gasteiger partial charge in [-0.1, -0.05) is 12.1 Å². The monoisotopic (exact) mass is 314 g/mol. The Balaban J connectivity index is 2.26. The summed E-state index contributed by atoms with van der Waals surface area (Å²) in [4.78, 5) is 12.7. The smallest absolute Gasteiger partial charge is 0.205 e. The summed E-state index contributed by atoms with van der Waals surface area (Å²) in [6, 6.07) is 8.26. The van der Waals surface area contributed by atoms with Gasteiger partial charge in [0.05, 0.1) is 25.2 Å². The van der Waals surface area contributed by atoms with Crippen molar-refractivity contribution in [1.29, 1.82) is 0 Å². The molecule has 0 fully saturated rings. The summed E-state index contributed by atoms with van der Waals surface area (Å²) in [5.74, 6) is -0.338. The standard InChI is InChI=1S/C17H14O6/c1-21-10-5-3-9(4-6-10)12-8-23-17-11(14(12)18)7-13(22-2)15(19)16(17)20/h3-8,19-20H,1-2H3. The van der Waals surface area contributed by atoms with Crippen LogP contribution in [-0.2, 0) is 0 Å². The predicted molar refractivity (Wildman–Crippen MR) is 84.4 cm³/mol. The van der Waals surface area contributed by atoms with E-state index in [0.717, 1.165) is 0 Å². The highest BCUT2D eigenvalue weighted by molar-refractivity contribution is 5.90. The zero-order valence-electron chi connectivity index (χ0n) is 12.5. The lowest BCUT2D eigenvalue weighted by molar-refractivity contribution is 0.350. The molecule has 1 aromatic heterocycles. The van der Waals surface area contributed by atoms with E-state index in [-0.39, 0.29) is 22.1 Å². The maximum Gasteiger partial charge on any atom is 0.205 e.